The first-order chi connectivity index (χ1) is 15.9. The van der Waals surface area contributed by atoms with Gasteiger partial charge in [-0.1, -0.05) is 36.4 Å². The zero-order chi connectivity index (χ0) is 23.4. The van der Waals surface area contributed by atoms with Crippen molar-refractivity contribution < 1.29 is 27.5 Å². The predicted molar refractivity (Wildman–Crippen MR) is 122 cm³/mol. The number of hydrogen-bond donors (Lipinski definition) is 1. The Bertz CT molecular complexity index is 1270. The second-order valence-corrected chi connectivity index (χ2v) is 9.08. The van der Waals surface area contributed by atoms with Crippen LogP contribution in [0.4, 0.5) is 10.5 Å². The number of amides is 2. The molecule has 0 atom stereocenters. The molecule has 3 aromatic rings. The van der Waals surface area contributed by atoms with Gasteiger partial charge in [-0.3, -0.25) is 9.69 Å². The molecule has 0 aromatic heterocycles. The number of benzene rings is 3. The van der Waals surface area contributed by atoms with E-state index in [2.05, 4.69) is 4.72 Å². The predicted octanol–water partition coefficient (Wildman–Crippen LogP) is 3.51. The van der Waals surface area contributed by atoms with Crippen LogP contribution in [-0.4, -0.2) is 34.1 Å². The summed E-state index contributed by atoms with van der Waals surface area (Å²) >= 11 is 0. The van der Waals surface area contributed by atoms with Crippen LogP contribution in [0.25, 0.3) is 0 Å². The fraction of sp³-hybridized carbons (Fsp3) is 0.167. The van der Waals surface area contributed by atoms with E-state index in [1.807, 2.05) is 30.3 Å². The maximum atomic E-state index is 12.8. The zero-order valence-corrected chi connectivity index (χ0v) is 18.7. The van der Waals surface area contributed by atoms with E-state index >= 15 is 0 Å². The van der Waals surface area contributed by atoms with E-state index in [0.717, 1.165) is 11.1 Å². The standard InChI is InChI=1S/C24H22N2O6S/c1-31-20-10-7-19(8-11-20)23(27)25-33(29,30)21-12-9-18-13-14-26(22(18)15-21)24(28)32-16-17-5-3-2-4-6-17/h2-12,15H,13-14,16H2,1H3,(H,25,27). The third-order valence-electron chi connectivity index (χ3n) is 5.27. The van der Waals surface area contributed by atoms with Crippen molar-refractivity contribution >= 4 is 27.7 Å². The lowest BCUT2D eigenvalue weighted by molar-refractivity contribution is 0.0981. The molecule has 1 aliphatic heterocycles. The normalized spacial score (nSPS) is 12.7. The van der Waals surface area contributed by atoms with Crippen LogP contribution in [0.3, 0.4) is 0 Å². The van der Waals surface area contributed by atoms with Gasteiger partial charge in [-0.15, -0.1) is 0 Å². The third-order valence-corrected chi connectivity index (χ3v) is 6.60. The van der Waals surface area contributed by atoms with Crippen LogP contribution < -0.4 is 14.4 Å². The van der Waals surface area contributed by atoms with Gasteiger partial charge in [-0.25, -0.2) is 17.9 Å². The number of rotatable bonds is 6. The van der Waals surface area contributed by atoms with E-state index in [0.29, 0.717) is 24.4 Å². The molecule has 1 heterocycles. The van der Waals surface area contributed by atoms with Crippen molar-refractivity contribution in [2.45, 2.75) is 17.9 Å². The molecule has 8 nitrogen and oxygen atoms in total. The van der Waals surface area contributed by atoms with E-state index in [1.165, 1.54) is 36.3 Å². The molecule has 0 saturated heterocycles. The van der Waals surface area contributed by atoms with Crippen molar-refractivity contribution in [1.29, 1.82) is 0 Å². The summed E-state index contributed by atoms with van der Waals surface area (Å²) in [5, 5.41) is 0. The number of nitrogens with zero attached hydrogens (tertiary/aromatic N) is 1. The molecule has 0 radical (unpaired) electrons. The number of nitrogens with one attached hydrogen (secondary N) is 1. The molecule has 0 unspecified atom stereocenters. The van der Waals surface area contributed by atoms with Crippen molar-refractivity contribution in [2.75, 3.05) is 18.6 Å². The topological polar surface area (TPSA) is 102 Å². The summed E-state index contributed by atoms with van der Waals surface area (Å²) in [4.78, 5) is 26.4. The summed E-state index contributed by atoms with van der Waals surface area (Å²) in [5.74, 6) is -0.218. The molecular formula is C24H22N2O6S. The van der Waals surface area contributed by atoms with Gasteiger partial charge in [0.25, 0.3) is 15.9 Å². The first kappa shape index (κ1) is 22.3. The molecular weight excluding hydrogens is 444 g/mol. The van der Waals surface area contributed by atoms with Gasteiger partial charge in [0.15, 0.2) is 0 Å². The van der Waals surface area contributed by atoms with E-state index < -0.39 is 22.0 Å². The Morgan fingerprint density at radius 1 is 1.00 bits per heavy atom. The van der Waals surface area contributed by atoms with Crippen LogP contribution in [0, 0.1) is 0 Å². The number of anilines is 1. The van der Waals surface area contributed by atoms with Crippen LogP contribution in [0.1, 0.15) is 21.5 Å². The molecule has 1 N–H and O–H groups in total. The molecule has 33 heavy (non-hydrogen) atoms. The first-order valence-electron chi connectivity index (χ1n) is 10.2. The molecule has 0 bridgehead atoms. The summed E-state index contributed by atoms with van der Waals surface area (Å²) in [6.07, 6.45) is 0.0170. The quantitative estimate of drug-likeness (QED) is 0.597. The molecule has 4 rings (SSSR count). The van der Waals surface area contributed by atoms with Gasteiger partial charge in [-0.2, -0.15) is 0 Å². The van der Waals surface area contributed by atoms with Crippen molar-refractivity contribution in [1.82, 2.24) is 4.72 Å². The fourth-order valence-corrected chi connectivity index (χ4v) is 4.49. The van der Waals surface area contributed by atoms with E-state index in [-0.39, 0.29) is 17.1 Å². The third kappa shape index (κ3) is 4.98. The summed E-state index contributed by atoms with van der Waals surface area (Å²) in [7, 11) is -2.66. The van der Waals surface area contributed by atoms with Crippen molar-refractivity contribution in [3.63, 3.8) is 0 Å². The first-order valence-corrected chi connectivity index (χ1v) is 11.7. The van der Waals surface area contributed by atoms with E-state index in [4.69, 9.17) is 9.47 Å². The molecule has 0 saturated carbocycles. The average Bonchev–Trinajstić information content (AvgIpc) is 3.26. The molecule has 3 aromatic carbocycles. The van der Waals surface area contributed by atoms with Gasteiger partial charge in [-0.05, 0) is 53.9 Å². The Balaban J connectivity index is 1.49. The van der Waals surface area contributed by atoms with Gasteiger partial charge in [0.1, 0.15) is 12.4 Å². The lowest BCUT2D eigenvalue weighted by Crippen LogP contribution is -2.31. The molecule has 0 spiro atoms. The van der Waals surface area contributed by atoms with Crippen molar-refractivity contribution in [3.05, 3.63) is 89.5 Å². The van der Waals surface area contributed by atoms with E-state index in [9.17, 15) is 18.0 Å². The van der Waals surface area contributed by atoms with Crippen LogP contribution in [0.2, 0.25) is 0 Å². The molecule has 0 fully saturated rings. The maximum Gasteiger partial charge on any atom is 0.414 e. The largest absolute Gasteiger partial charge is 0.497 e. The van der Waals surface area contributed by atoms with Gasteiger partial charge in [0.2, 0.25) is 0 Å². The second kappa shape index (κ2) is 9.33. The van der Waals surface area contributed by atoms with Crippen LogP contribution in [0.15, 0.2) is 77.7 Å². The molecule has 0 aliphatic carbocycles. The number of carbonyl (C=O) groups is 2. The highest BCUT2D eigenvalue weighted by Gasteiger charge is 2.28. The molecule has 1 aliphatic rings. The number of sulfonamides is 1. The summed E-state index contributed by atoms with van der Waals surface area (Å²) in [6, 6.07) is 19.8. The van der Waals surface area contributed by atoms with Crippen LogP contribution >= 0.6 is 0 Å². The van der Waals surface area contributed by atoms with Crippen LogP contribution in [0.5, 0.6) is 5.75 Å². The molecule has 170 valence electrons. The van der Waals surface area contributed by atoms with Gasteiger partial charge < -0.3 is 9.47 Å². The fourth-order valence-electron chi connectivity index (χ4n) is 3.50. The minimum absolute atomic E-state index is 0.113. The number of hydrogen-bond acceptors (Lipinski definition) is 6. The Labute approximate surface area is 191 Å². The number of fused-ring (bicyclic) bond motifs is 1. The Morgan fingerprint density at radius 3 is 2.42 bits per heavy atom. The zero-order valence-electron chi connectivity index (χ0n) is 17.9. The molecule has 2 amide bonds. The lowest BCUT2D eigenvalue weighted by atomic mass is 10.2. The van der Waals surface area contributed by atoms with Crippen molar-refractivity contribution in [2.24, 2.45) is 0 Å². The SMILES string of the molecule is COc1ccc(C(=O)NS(=O)(=O)c2ccc3c(c2)N(C(=O)OCc2ccccc2)CC3)cc1. The van der Waals surface area contributed by atoms with Gasteiger partial charge in [0, 0.05) is 12.1 Å². The highest BCUT2D eigenvalue weighted by atomic mass is 32.2. The van der Waals surface area contributed by atoms with Crippen LogP contribution in [-0.2, 0) is 27.8 Å². The monoisotopic (exact) mass is 466 g/mol. The number of methoxy groups -OCH3 is 1. The summed E-state index contributed by atoms with van der Waals surface area (Å²) < 4.78 is 38.2. The summed E-state index contributed by atoms with van der Waals surface area (Å²) in [6.45, 7) is 0.492. The Hall–Kier alpha value is -3.85. The smallest absolute Gasteiger partial charge is 0.414 e. The van der Waals surface area contributed by atoms with Crippen molar-refractivity contribution in [3.8, 4) is 5.75 Å². The minimum atomic E-state index is -4.16. The highest BCUT2D eigenvalue weighted by Crippen LogP contribution is 2.31. The molecule has 9 heteroatoms. The van der Waals surface area contributed by atoms with Gasteiger partial charge in [0.05, 0.1) is 17.7 Å². The average molecular weight is 467 g/mol. The Kier molecular flexibility index (Phi) is 6.32. The summed E-state index contributed by atoms with van der Waals surface area (Å²) in [5.41, 5.74) is 2.30. The second-order valence-electron chi connectivity index (χ2n) is 7.40. The lowest BCUT2D eigenvalue weighted by Gasteiger charge is -2.18. The van der Waals surface area contributed by atoms with Gasteiger partial charge >= 0.3 is 6.09 Å². The van der Waals surface area contributed by atoms with E-state index in [1.54, 1.807) is 18.2 Å². The maximum absolute atomic E-state index is 12.8. The minimum Gasteiger partial charge on any atom is -0.497 e. The number of ether oxygens (including phenoxy) is 2. The Morgan fingerprint density at radius 2 is 1.73 bits per heavy atom. The number of carbonyl (C=O) groups excluding carboxylic acids is 2. The highest BCUT2D eigenvalue weighted by molar-refractivity contribution is 7.90.